The summed E-state index contributed by atoms with van der Waals surface area (Å²) in [4.78, 5) is 2.60. The molecular formula is C17H28N2O4S. The Morgan fingerprint density at radius 2 is 1.75 bits per heavy atom. The van der Waals surface area contributed by atoms with E-state index < -0.39 is 10.0 Å². The van der Waals surface area contributed by atoms with Gasteiger partial charge in [-0.15, -0.1) is 0 Å². The van der Waals surface area contributed by atoms with Gasteiger partial charge in [0.15, 0.2) is 11.5 Å². The summed E-state index contributed by atoms with van der Waals surface area (Å²) < 4.78 is 38.7. The molecule has 6 nitrogen and oxygen atoms in total. The Labute approximate surface area is 145 Å². The maximum absolute atomic E-state index is 12.7. The average Bonchev–Trinajstić information content (AvgIpc) is 3.09. The topological polar surface area (TPSA) is 67.9 Å². The zero-order chi connectivity index (χ0) is 17.7. The van der Waals surface area contributed by atoms with Crippen LogP contribution >= 0.6 is 0 Å². The Morgan fingerprint density at radius 3 is 2.29 bits per heavy atom. The third-order valence-electron chi connectivity index (χ3n) is 4.61. The van der Waals surface area contributed by atoms with Gasteiger partial charge in [0, 0.05) is 18.7 Å². The summed E-state index contributed by atoms with van der Waals surface area (Å²) in [5.41, 5.74) is 0.634. The maximum atomic E-state index is 12.7. The van der Waals surface area contributed by atoms with Crippen molar-refractivity contribution in [3.8, 4) is 11.5 Å². The molecule has 1 aliphatic heterocycles. The second-order valence-corrected chi connectivity index (χ2v) is 7.87. The number of hydrogen-bond acceptors (Lipinski definition) is 5. The maximum Gasteiger partial charge on any atom is 0.241 e. The zero-order valence-electron chi connectivity index (χ0n) is 15.0. The van der Waals surface area contributed by atoms with Crippen molar-refractivity contribution in [2.24, 2.45) is 0 Å². The molecule has 1 atom stereocenters. The molecule has 24 heavy (non-hydrogen) atoms. The van der Waals surface area contributed by atoms with Crippen molar-refractivity contribution in [2.45, 2.75) is 44.0 Å². The van der Waals surface area contributed by atoms with Gasteiger partial charge in [-0.05, 0) is 50.9 Å². The Balaban J connectivity index is 2.17. The van der Waals surface area contributed by atoms with E-state index in [1.807, 2.05) is 0 Å². The van der Waals surface area contributed by atoms with Crippen LogP contribution in [0, 0.1) is 6.92 Å². The van der Waals surface area contributed by atoms with Gasteiger partial charge in [-0.25, -0.2) is 13.1 Å². The summed E-state index contributed by atoms with van der Waals surface area (Å²) in [6.45, 7) is 6.38. The fourth-order valence-corrected chi connectivity index (χ4v) is 4.49. The van der Waals surface area contributed by atoms with Crippen molar-refractivity contribution in [3.05, 3.63) is 17.7 Å². The van der Waals surface area contributed by atoms with E-state index in [1.54, 1.807) is 13.0 Å². The molecule has 0 aliphatic carbocycles. The Kier molecular flexibility index (Phi) is 6.48. The first kappa shape index (κ1) is 19.0. The largest absolute Gasteiger partial charge is 0.493 e. The van der Waals surface area contributed by atoms with Gasteiger partial charge < -0.3 is 9.47 Å². The highest BCUT2D eigenvalue weighted by Gasteiger charge is 2.24. The molecule has 2 rings (SSSR count). The standard InChI is InChI=1S/C17H28N2O4S/c1-5-14(19-8-6-7-9-19)12-18-24(20,21)17-11-16(23-4)15(22-3)10-13(17)2/h10-11,14,18H,5-9,12H2,1-4H3/t14-/m0/s1. The van der Waals surface area contributed by atoms with Crippen molar-refractivity contribution in [2.75, 3.05) is 33.9 Å². The van der Waals surface area contributed by atoms with Gasteiger partial charge in [-0.3, -0.25) is 4.90 Å². The Bertz CT molecular complexity index is 655. The van der Waals surface area contributed by atoms with Crippen molar-refractivity contribution in [1.29, 1.82) is 0 Å². The summed E-state index contributed by atoms with van der Waals surface area (Å²) in [6, 6.07) is 3.45. The molecule has 136 valence electrons. The van der Waals surface area contributed by atoms with Crippen LogP contribution in [-0.2, 0) is 10.0 Å². The van der Waals surface area contributed by atoms with E-state index in [-0.39, 0.29) is 10.9 Å². The molecular weight excluding hydrogens is 328 g/mol. The van der Waals surface area contributed by atoms with Gasteiger partial charge in [-0.1, -0.05) is 6.92 Å². The second kappa shape index (κ2) is 8.18. The Morgan fingerprint density at radius 1 is 1.17 bits per heavy atom. The third kappa shape index (κ3) is 4.20. The van der Waals surface area contributed by atoms with Gasteiger partial charge in [0.25, 0.3) is 0 Å². The molecule has 0 saturated carbocycles. The monoisotopic (exact) mass is 356 g/mol. The molecule has 0 aromatic heterocycles. The highest BCUT2D eigenvalue weighted by Crippen LogP contribution is 2.32. The first-order valence-corrected chi connectivity index (χ1v) is 9.87. The van der Waals surface area contributed by atoms with E-state index >= 15 is 0 Å². The van der Waals surface area contributed by atoms with Crippen molar-refractivity contribution < 1.29 is 17.9 Å². The van der Waals surface area contributed by atoms with Crippen LogP contribution in [0.15, 0.2) is 17.0 Å². The van der Waals surface area contributed by atoms with Gasteiger partial charge >= 0.3 is 0 Å². The predicted octanol–water partition coefficient (Wildman–Crippen LogP) is 2.16. The lowest BCUT2D eigenvalue weighted by Gasteiger charge is -2.26. The number of nitrogens with one attached hydrogen (secondary N) is 1. The van der Waals surface area contributed by atoms with Crippen molar-refractivity contribution >= 4 is 10.0 Å². The molecule has 0 spiro atoms. The molecule has 1 fully saturated rings. The fraction of sp³-hybridized carbons (Fsp3) is 0.647. The number of nitrogens with zero attached hydrogens (tertiary/aromatic N) is 1. The quantitative estimate of drug-likeness (QED) is 0.773. The lowest BCUT2D eigenvalue weighted by Crippen LogP contribution is -2.42. The minimum atomic E-state index is -3.60. The van der Waals surface area contributed by atoms with E-state index in [9.17, 15) is 8.42 Å². The number of sulfonamides is 1. The molecule has 1 aromatic carbocycles. The summed E-state index contributed by atoms with van der Waals surface area (Å²) in [5, 5.41) is 0. The minimum Gasteiger partial charge on any atom is -0.493 e. The van der Waals surface area contributed by atoms with E-state index in [0.29, 0.717) is 23.6 Å². The highest BCUT2D eigenvalue weighted by atomic mass is 32.2. The third-order valence-corrected chi connectivity index (χ3v) is 6.17. The summed E-state index contributed by atoms with van der Waals surface area (Å²) in [6.07, 6.45) is 3.31. The average molecular weight is 356 g/mol. The molecule has 1 saturated heterocycles. The second-order valence-electron chi connectivity index (χ2n) is 6.13. The van der Waals surface area contributed by atoms with Crippen molar-refractivity contribution in [1.82, 2.24) is 9.62 Å². The van der Waals surface area contributed by atoms with E-state index in [2.05, 4.69) is 16.5 Å². The number of aryl methyl sites for hydroxylation is 1. The molecule has 1 N–H and O–H groups in total. The molecule has 0 bridgehead atoms. The molecule has 7 heteroatoms. The SMILES string of the molecule is CC[C@@H](CNS(=O)(=O)c1cc(OC)c(OC)cc1C)N1CCCC1. The molecule has 1 aromatic rings. The number of likely N-dealkylation sites (tertiary alicyclic amines) is 1. The number of hydrogen-bond donors (Lipinski definition) is 1. The molecule has 0 amide bonds. The molecule has 1 aliphatic rings. The smallest absolute Gasteiger partial charge is 0.241 e. The number of methoxy groups -OCH3 is 2. The van der Waals surface area contributed by atoms with Crippen LogP contribution in [0.5, 0.6) is 11.5 Å². The summed E-state index contributed by atoms with van der Waals surface area (Å²) in [7, 11) is -0.565. The number of benzene rings is 1. The van der Waals surface area contributed by atoms with Crippen LogP contribution in [0.4, 0.5) is 0 Å². The van der Waals surface area contributed by atoms with Crippen LogP contribution in [0.1, 0.15) is 31.7 Å². The first-order chi connectivity index (χ1) is 11.4. The van der Waals surface area contributed by atoms with E-state index in [1.165, 1.54) is 33.1 Å². The van der Waals surface area contributed by atoms with Crippen LogP contribution in [0.3, 0.4) is 0 Å². The highest BCUT2D eigenvalue weighted by molar-refractivity contribution is 7.89. The number of rotatable bonds is 8. The minimum absolute atomic E-state index is 0.233. The summed E-state index contributed by atoms with van der Waals surface area (Å²) in [5.74, 6) is 0.938. The molecule has 0 radical (unpaired) electrons. The van der Waals surface area contributed by atoms with Crippen LogP contribution in [0.25, 0.3) is 0 Å². The lowest BCUT2D eigenvalue weighted by molar-refractivity contribution is 0.237. The number of ether oxygens (including phenoxy) is 2. The molecule has 0 unspecified atom stereocenters. The first-order valence-electron chi connectivity index (χ1n) is 8.39. The van der Waals surface area contributed by atoms with Gasteiger partial charge in [-0.2, -0.15) is 0 Å². The van der Waals surface area contributed by atoms with Crippen LogP contribution in [0.2, 0.25) is 0 Å². The normalized spacial score (nSPS) is 17.0. The lowest BCUT2D eigenvalue weighted by atomic mass is 10.2. The predicted molar refractivity (Wildman–Crippen MR) is 94.4 cm³/mol. The Hall–Kier alpha value is -1.31. The fourth-order valence-electron chi connectivity index (χ4n) is 3.17. The van der Waals surface area contributed by atoms with Crippen LogP contribution in [-0.4, -0.2) is 53.2 Å². The van der Waals surface area contributed by atoms with E-state index in [0.717, 1.165) is 19.5 Å². The van der Waals surface area contributed by atoms with Gasteiger partial charge in [0.05, 0.1) is 19.1 Å². The summed E-state index contributed by atoms with van der Waals surface area (Å²) >= 11 is 0. The van der Waals surface area contributed by atoms with E-state index in [4.69, 9.17) is 9.47 Å². The van der Waals surface area contributed by atoms with Crippen molar-refractivity contribution in [3.63, 3.8) is 0 Å². The van der Waals surface area contributed by atoms with Gasteiger partial charge in [0.1, 0.15) is 0 Å². The van der Waals surface area contributed by atoms with Gasteiger partial charge in [0.2, 0.25) is 10.0 Å². The molecule has 1 heterocycles. The van der Waals surface area contributed by atoms with Crippen LogP contribution < -0.4 is 14.2 Å². The zero-order valence-corrected chi connectivity index (χ0v) is 15.8.